The lowest BCUT2D eigenvalue weighted by Crippen LogP contribution is -2.48. The summed E-state index contributed by atoms with van der Waals surface area (Å²) in [6.07, 6.45) is -0.735. The Morgan fingerprint density at radius 1 is 1.33 bits per heavy atom. The molecule has 24 heavy (non-hydrogen) atoms. The highest BCUT2D eigenvalue weighted by Gasteiger charge is 2.34. The molecule has 0 bridgehead atoms. The van der Waals surface area contributed by atoms with Crippen molar-refractivity contribution in [3.63, 3.8) is 0 Å². The Labute approximate surface area is 137 Å². The van der Waals surface area contributed by atoms with E-state index in [9.17, 15) is 14.0 Å². The largest absolute Gasteiger partial charge is 0.477 e. The number of hydrogen-bond acceptors (Lipinski definition) is 5. The molecule has 2 aromatic rings. The van der Waals surface area contributed by atoms with Gasteiger partial charge in [-0.1, -0.05) is 0 Å². The number of hydrogen-bond donors (Lipinski definition) is 2. The zero-order valence-electron chi connectivity index (χ0n) is 12.8. The summed E-state index contributed by atoms with van der Waals surface area (Å²) < 4.78 is 18.4. The van der Waals surface area contributed by atoms with E-state index in [2.05, 4.69) is 10.3 Å². The Morgan fingerprint density at radius 2 is 2.04 bits per heavy atom. The average Bonchev–Trinajstić information content (AvgIpc) is 2.55. The Bertz CT molecular complexity index is 794. The summed E-state index contributed by atoms with van der Waals surface area (Å²) in [5, 5.41) is 2.60. The van der Waals surface area contributed by atoms with Crippen LogP contribution in [-0.4, -0.2) is 29.4 Å². The van der Waals surface area contributed by atoms with Crippen molar-refractivity contribution in [1.29, 1.82) is 0 Å². The van der Waals surface area contributed by atoms with Gasteiger partial charge in [0.1, 0.15) is 18.2 Å². The third-order valence-electron chi connectivity index (χ3n) is 3.46. The predicted octanol–water partition coefficient (Wildman–Crippen LogP) is 1.56. The maximum atomic E-state index is 12.9. The average molecular weight is 330 g/mol. The summed E-state index contributed by atoms with van der Waals surface area (Å²) in [4.78, 5) is 29.8. The van der Waals surface area contributed by atoms with Crippen molar-refractivity contribution in [2.45, 2.75) is 13.0 Å². The van der Waals surface area contributed by atoms with Crippen molar-refractivity contribution in [1.82, 2.24) is 4.98 Å². The number of ether oxygens (including phenoxy) is 1. The van der Waals surface area contributed by atoms with E-state index in [4.69, 9.17) is 10.5 Å². The van der Waals surface area contributed by atoms with E-state index < -0.39 is 23.7 Å². The first-order chi connectivity index (χ1) is 11.4. The summed E-state index contributed by atoms with van der Waals surface area (Å²) in [6.45, 7) is 1.33. The topological polar surface area (TPSA) is 97.6 Å². The zero-order chi connectivity index (χ0) is 17.3. The number of nitrogen functional groups attached to an aromatic ring is 1. The van der Waals surface area contributed by atoms with Gasteiger partial charge in [0.2, 0.25) is 5.91 Å². The van der Waals surface area contributed by atoms with E-state index in [-0.39, 0.29) is 18.2 Å². The van der Waals surface area contributed by atoms with Gasteiger partial charge in [0.05, 0.1) is 0 Å². The fraction of sp³-hybridized carbons (Fsp3) is 0.188. The van der Waals surface area contributed by atoms with Crippen molar-refractivity contribution < 1.29 is 18.7 Å². The quantitative estimate of drug-likeness (QED) is 0.890. The van der Waals surface area contributed by atoms with E-state index in [0.717, 1.165) is 0 Å². The summed E-state index contributed by atoms with van der Waals surface area (Å²) >= 11 is 0. The molecule has 0 saturated heterocycles. The fourth-order valence-electron chi connectivity index (χ4n) is 2.33. The number of anilines is 3. The Hall–Kier alpha value is -3.16. The van der Waals surface area contributed by atoms with Crippen LogP contribution in [0.2, 0.25) is 0 Å². The lowest BCUT2D eigenvalue weighted by Gasteiger charge is -2.31. The summed E-state index contributed by atoms with van der Waals surface area (Å²) in [5.74, 6) is -0.449. The maximum absolute atomic E-state index is 12.9. The van der Waals surface area contributed by atoms with E-state index in [1.807, 2.05) is 0 Å². The second kappa shape index (κ2) is 6.15. The molecule has 2 amide bonds. The van der Waals surface area contributed by atoms with Crippen LogP contribution in [0.15, 0.2) is 36.4 Å². The molecule has 124 valence electrons. The van der Waals surface area contributed by atoms with Crippen molar-refractivity contribution in [3.05, 3.63) is 42.2 Å². The van der Waals surface area contributed by atoms with E-state index in [0.29, 0.717) is 11.4 Å². The van der Waals surface area contributed by atoms with Crippen molar-refractivity contribution in [3.8, 4) is 5.75 Å². The summed E-state index contributed by atoms with van der Waals surface area (Å²) in [7, 11) is 0. The van der Waals surface area contributed by atoms with Crippen LogP contribution in [-0.2, 0) is 9.59 Å². The number of aromatic nitrogens is 1. The smallest absolute Gasteiger partial charge is 0.269 e. The molecule has 0 aliphatic carbocycles. The van der Waals surface area contributed by atoms with Crippen LogP contribution < -0.4 is 20.7 Å². The highest BCUT2D eigenvalue weighted by Crippen LogP contribution is 2.32. The van der Waals surface area contributed by atoms with Crippen molar-refractivity contribution in [2.75, 3.05) is 22.5 Å². The van der Waals surface area contributed by atoms with Gasteiger partial charge >= 0.3 is 0 Å². The molecule has 1 aromatic heterocycles. The molecule has 1 unspecified atom stereocenters. The van der Waals surface area contributed by atoms with E-state index >= 15 is 0 Å². The lowest BCUT2D eigenvalue weighted by molar-refractivity contribution is -0.127. The number of halogens is 1. The number of nitrogens with two attached hydrogens (primary N) is 1. The second-order valence-electron chi connectivity index (χ2n) is 5.30. The monoisotopic (exact) mass is 330 g/mol. The van der Waals surface area contributed by atoms with Crippen molar-refractivity contribution >= 4 is 29.1 Å². The minimum absolute atomic E-state index is 0.201. The number of fused-ring (bicyclic) bond motifs is 1. The third-order valence-corrected chi connectivity index (χ3v) is 3.46. The number of nitrogens with zero attached hydrogens (tertiary/aromatic N) is 2. The maximum Gasteiger partial charge on any atom is 0.269 e. The molecule has 0 radical (unpaired) electrons. The van der Waals surface area contributed by atoms with Gasteiger partial charge < -0.3 is 15.8 Å². The standard InChI is InChI=1S/C16H15FN4O3/c1-9-16(23)21(15-12(24-9)6-7-13(18)20-15)8-14(22)19-11-4-2-10(17)3-5-11/h2-7,9H,8H2,1H3,(H2,18,20)(H,19,22). The summed E-state index contributed by atoms with van der Waals surface area (Å²) in [6, 6.07) is 8.48. The Kier molecular flexibility index (Phi) is 4.03. The highest BCUT2D eigenvalue weighted by atomic mass is 19.1. The van der Waals surface area contributed by atoms with Crippen LogP contribution in [0, 0.1) is 5.82 Å². The molecule has 3 N–H and O–H groups in total. The molecule has 0 fully saturated rings. The second-order valence-corrected chi connectivity index (χ2v) is 5.30. The van der Waals surface area contributed by atoms with Crippen LogP contribution in [0.25, 0.3) is 0 Å². The van der Waals surface area contributed by atoms with E-state index in [1.54, 1.807) is 19.1 Å². The first kappa shape index (κ1) is 15.7. The minimum Gasteiger partial charge on any atom is -0.477 e. The molecule has 7 nitrogen and oxygen atoms in total. The van der Waals surface area contributed by atoms with Crippen LogP contribution in [0.5, 0.6) is 5.75 Å². The molecule has 1 aromatic carbocycles. The number of pyridine rings is 1. The molecular weight excluding hydrogens is 315 g/mol. The van der Waals surface area contributed by atoms with Gasteiger partial charge in [-0.15, -0.1) is 0 Å². The zero-order valence-corrected chi connectivity index (χ0v) is 12.8. The van der Waals surface area contributed by atoms with Crippen molar-refractivity contribution in [2.24, 2.45) is 0 Å². The summed E-state index contributed by atoms with van der Waals surface area (Å²) in [5.41, 5.74) is 6.08. The van der Waals surface area contributed by atoms with Gasteiger partial charge in [-0.05, 0) is 43.3 Å². The van der Waals surface area contributed by atoms with Gasteiger partial charge in [0.15, 0.2) is 17.7 Å². The Morgan fingerprint density at radius 3 is 2.75 bits per heavy atom. The molecular formula is C16H15FN4O3. The molecule has 3 rings (SSSR count). The van der Waals surface area contributed by atoms with Gasteiger partial charge in [0.25, 0.3) is 5.91 Å². The Balaban J connectivity index is 1.80. The molecule has 8 heteroatoms. The number of carbonyl (C=O) groups is 2. The number of carbonyl (C=O) groups excluding carboxylic acids is 2. The van der Waals surface area contributed by atoms with Crippen LogP contribution in [0.3, 0.4) is 0 Å². The van der Waals surface area contributed by atoms with Gasteiger partial charge in [-0.2, -0.15) is 0 Å². The van der Waals surface area contributed by atoms with Gasteiger partial charge in [0, 0.05) is 5.69 Å². The van der Waals surface area contributed by atoms with Crippen LogP contribution in [0.1, 0.15) is 6.92 Å². The number of amides is 2. The van der Waals surface area contributed by atoms with Gasteiger partial charge in [-0.25, -0.2) is 9.37 Å². The molecule has 0 saturated carbocycles. The highest BCUT2D eigenvalue weighted by molar-refractivity contribution is 6.05. The van der Waals surface area contributed by atoms with E-state index in [1.165, 1.54) is 29.2 Å². The first-order valence-electron chi connectivity index (χ1n) is 7.24. The third kappa shape index (κ3) is 3.12. The normalized spacial score (nSPS) is 16.3. The number of nitrogens with one attached hydrogen (secondary N) is 1. The molecule has 1 aliphatic rings. The predicted molar refractivity (Wildman–Crippen MR) is 86.1 cm³/mol. The SMILES string of the molecule is CC1Oc2ccc(N)nc2N(CC(=O)Nc2ccc(F)cc2)C1=O. The lowest BCUT2D eigenvalue weighted by atomic mass is 10.2. The minimum atomic E-state index is -0.735. The first-order valence-corrected chi connectivity index (χ1v) is 7.24. The molecule has 1 atom stereocenters. The fourth-order valence-corrected chi connectivity index (χ4v) is 2.33. The van der Waals surface area contributed by atoms with Crippen LogP contribution in [0.4, 0.5) is 21.7 Å². The number of benzene rings is 1. The molecule has 2 heterocycles. The molecule has 0 spiro atoms. The van der Waals surface area contributed by atoms with Crippen LogP contribution >= 0.6 is 0 Å². The number of rotatable bonds is 3. The molecule has 1 aliphatic heterocycles. The van der Waals surface area contributed by atoms with Gasteiger partial charge in [-0.3, -0.25) is 14.5 Å².